The molecule has 0 aliphatic heterocycles. The first-order valence-electron chi connectivity index (χ1n) is 4.84. The van der Waals surface area contributed by atoms with Crippen molar-refractivity contribution >= 4 is 17.6 Å². The minimum Gasteiger partial charge on any atom is -0.465 e. The molecule has 0 N–H and O–H groups in total. The molecule has 88 valence electrons. The van der Waals surface area contributed by atoms with Crippen LogP contribution >= 0.6 is 11.6 Å². The lowest BCUT2D eigenvalue weighted by atomic mass is 10.2. The molecular weight excluding hydrogens is 228 g/mol. The van der Waals surface area contributed by atoms with E-state index in [9.17, 15) is 4.79 Å². The Hall–Kier alpha value is -1.48. The lowest BCUT2D eigenvalue weighted by molar-refractivity contribution is 0.0600. The predicted octanol–water partition coefficient (Wildman–Crippen LogP) is 3.68. The van der Waals surface area contributed by atoms with Crippen LogP contribution in [0.25, 0.3) is 0 Å². The molecule has 0 aromatic heterocycles. The van der Waals surface area contributed by atoms with Crippen LogP contribution in [0, 0.1) is 0 Å². The summed E-state index contributed by atoms with van der Waals surface area (Å²) in [5.74, 6) is 0.0198. The summed E-state index contributed by atoms with van der Waals surface area (Å²) in [6.07, 6.45) is 1.26. The van der Waals surface area contributed by atoms with Crippen LogP contribution < -0.4 is 4.74 Å². The largest absolute Gasteiger partial charge is 0.465 e. The highest BCUT2D eigenvalue weighted by molar-refractivity contribution is 6.32. The van der Waals surface area contributed by atoms with Crippen LogP contribution in [0.15, 0.2) is 31.0 Å². The minimum absolute atomic E-state index is 0.341. The van der Waals surface area contributed by atoms with E-state index in [1.807, 2.05) is 13.8 Å². The lowest BCUT2D eigenvalue weighted by Gasteiger charge is -2.04. The SMILES string of the molecule is C=COc1ccc(C(=O)OC)cc1Cl.CC. The van der Waals surface area contributed by atoms with Gasteiger partial charge in [0.05, 0.1) is 24.0 Å². The molecule has 0 atom stereocenters. The van der Waals surface area contributed by atoms with Crippen LogP contribution in [-0.4, -0.2) is 13.1 Å². The van der Waals surface area contributed by atoms with Gasteiger partial charge < -0.3 is 9.47 Å². The fraction of sp³-hybridized carbons (Fsp3) is 0.250. The van der Waals surface area contributed by atoms with Crippen LogP contribution in [0.4, 0.5) is 0 Å². The normalized spacial score (nSPS) is 8.50. The number of methoxy groups -OCH3 is 1. The number of carbonyl (C=O) groups excluding carboxylic acids is 1. The number of benzene rings is 1. The van der Waals surface area contributed by atoms with Crippen LogP contribution in [0.3, 0.4) is 0 Å². The molecule has 1 rings (SSSR count). The first kappa shape index (κ1) is 14.5. The summed E-state index contributed by atoms with van der Waals surface area (Å²) in [7, 11) is 1.31. The third-order valence-electron chi connectivity index (χ3n) is 1.56. The minimum atomic E-state index is -0.433. The summed E-state index contributed by atoms with van der Waals surface area (Å²) < 4.78 is 9.52. The molecule has 1 aromatic rings. The molecule has 0 amide bonds. The average molecular weight is 243 g/mol. The molecule has 0 fully saturated rings. The maximum Gasteiger partial charge on any atom is 0.337 e. The zero-order chi connectivity index (χ0) is 12.6. The van der Waals surface area contributed by atoms with E-state index in [2.05, 4.69) is 11.3 Å². The molecule has 1 aromatic carbocycles. The third-order valence-corrected chi connectivity index (χ3v) is 1.86. The first-order chi connectivity index (χ1) is 7.69. The summed E-state index contributed by atoms with van der Waals surface area (Å²) in [6, 6.07) is 4.62. The van der Waals surface area contributed by atoms with Gasteiger partial charge in [0.15, 0.2) is 0 Å². The molecule has 0 aliphatic rings. The van der Waals surface area contributed by atoms with Crippen molar-refractivity contribution in [1.82, 2.24) is 0 Å². The third kappa shape index (κ3) is 3.95. The number of hydrogen-bond donors (Lipinski definition) is 0. The van der Waals surface area contributed by atoms with Gasteiger partial charge in [0.1, 0.15) is 5.75 Å². The average Bonchev–Trinajstić information content (AvgIpc) is 2.33. The molecule has 4 heteroatoms. The van der Waals surface area contributed by atoms with Crippen molar-refractivity contribution in [3.05, 3.63) is 41.6 Å². The van der Waals surface area contributed by atoms with Crippen molar-refractivity contribution in [3.8, 4) is 5.75 Å². The molecular formula is C12H15ClO3. The van der Waals surface area contributed by atoms with Crippen molar-refractivity contribution < 1.29 is 14.3 Å². The molecule has 0 radical (unpaired) electrons. The summed E-state index contributed by atoms with van der Waals surface area (Å²) in [5.41, 5.74) is 0.383. The zero-order valence-electron chi connectivity index (χ0n) is 9.62. The predicted molar refractivity (Wildman–Crippen MR) is 65.0 cm³/mol. The van der Waals surface area contributed by atoms with E-state index in [4.69, 9.17) is 16.3 Å². The first-order valence-corrected chi connectivity index (χ1v) is 5.22. The number of ether oxygens (including phenoxy) is 2. The summed E-state index contributed by atoms with van der Waals surface area (Å²) in [6.45, 7) is 7.40. The van der Waals surface area contributed by atoms with E-state index in [0.29, 0.717) is 16.3 Å². The van der Waals surface area contributed by atoms with Gasteiger partial charge in [-0.15, -0.1) is 0 Å². The number of carbonyl (C=O) groups is 1. The quantitative estimate of drug-likeness (QED) is 0.599. The van der Waals surface area contributed by atoms with Crippen molar-refractivity contribution in [2.75, 3.05) is 7.11 Å². The molecule has 0 unspecified atom stereocenters. The zero-order valence-corrected chi connectivity index (χ0v) is 10.4. The van der Waals surface area contributed by atoms with Gasteiger partial charge in [-0.25, -0.2) is 4.79 Å². The van der Waals surface area contributed by atoms with Crippen molar-refractivity contribution in [3.63, 3.8) is 0 Å². The Kier molecular flexibility index (Phi) is 7.05. The fourth-order valence-corrected chi connectivity index (χ4v) is 1.16. The number of halogens is 1. The van der Waals surface area contributed by atoms with E-state index < -0.39 is 5.97 Å². The van der Waals surface area contributed by atoms with Gasteiger partial charge in [0.25, 0.3) is 0 Å². The van der Waals surface area contributed by atoms with Gasteiger partial charge in [0.2, 0.25) is 0 Å². The fourth-order valence-electron chi connectivity index (χ4n) is 0.931. The van der Waals surface area contributed by atoms with Crippen LogP contribution in [-0.2, 0) is 4.74 Å². The Morgan fingerprint density at radius 1 is 1.44 bits per heavy atom. The van der Waals surface area contributed by atoms with Gasteiger partial charge in [-0.05, 0) is 18.2 Å². The van der Waals surface area contributed by atoms with Crippen LogP contribution in [0.5, 0.6) is 5.75 Å². The molecule has 0 saturated heterocycles. The van der Waals surface area contributed by atoms with Gasteiger partial charge in [-0.1, -0.05) is 32.0 Å². The number of esters is 1. The summed E-state index contributed by atoms with van der Waals surface area (Å²) >= 11 is 5.83. The monoisotopic (exact) mass is 242 g/mol. The van der Waals surface area contributed by atoms with E-state index in [1.54, 1.807) is 12.1 Å². The highest BCUT2D eigenvalue weighted by Gasteiger charge is 2.08. The Balaban J connectivity index is 0.00000106. The number of rotatable bonds is 3. The van der Waals surface area contributed by atoms with E-state index in [1.165, 1.54) is 19.4 Å². The van der Waals surface area contributed by atoms with Gasteiger partial charge in [-0.2, -0.15) is 0 Å². The Morgan fingerprint density at radius 3 is 2.50 bits per heavy atom. The molecule has 0 spiro atoms. The highest BCUT2D eigenvalue weighted by Crippen LogP contribution is 2.25. The van der Waals surface area contributed by atoms with E-state index in [-0.39, 0.29) is 0 Å². The van der Waals surface area contributed by atoms with E-state index in [0.717, 1.165) is 0 Å². The van der Waals surface area contributed by atoms with E-state index >= 15 is 0 Å². The smallest absolute Gasteiger partial charge is 0.337 e. The summed E-state index contributed by atoms with van der Waals surface area (Å²) in [4.78, 5) is 11.1. The molecule has 3 nitrogen and oxygen atoms in total. The maximum absolute atomic E-state index is 11.1. The van der Waals surface area contributed by atoms with Crippen molar-refractivity contribution in [1.29, 1.82) is 0 Å². The topological polar surface area (TPSA) is 35.5 Å². The molecule has 0 bridgehead atoms. The van der Waals surface area contributed by atoms with Gasteiger partial charge >= 0.3 is 5.97 Å². The number of hydrogen-bond acceptors (Lipinski definition) is 3. The molecule has 0 heterocycles. The lowest BCUT2D eigenvalue weighted by Crippen LogP contribution is -2.00. The van der Waals surface area contributed by atoms with Crippen molar-refractivity contribution in [2.24, 2.45) is 0 Å². The Labute approximate surface area is 101 Å². The highest BCUT2D eigenvalue weighted by atomic mass is 35.5. The van der Waals surface area contributed by atoms with Gasteiger partial charge in [-0.3, -0.25) is 0 Å². The second-order valence-corrected chi connectivity index (χ2v) is 2.83. The standard InChI is InChI=1S/C10H9ClO3.C2H6/c1-3-14-9-5-4-7(6-8(9)11)10(12)13-2;1-2/h3-6H,1H2,2H3;1-2H3. The van der Waals surface area contributed by atoms with Crippen molar-refractivity contribution in [2.45, 2.75) is 13.8 Å². The Bertz CT molecular complexity index is 361. The Morgan fingerprint density at radius 2 is 2.06 bits per heavy atom. The molecule has 0 aliphatic carbocycles. The van der Waals surface area contributed by atoms with Gasteiger partial charge in [0, 0.05) is 0 Å². The summed E-state index contributed by atoms with van der Waals surface area (Å²) in [5, 5.41) is 0.341. The molecule has 0 saturated carbocycles. The van der Waals surface area contributed by atoms with Crippen LogP contribution in [0.1, 0.15) is 24.2 Å². The van der Waals surface area contributed by atoms with Crippen LogP contribution in [0.2, 0.25) is 5.02 Å². The second-order valence-electron chi connectivity index (χ2n) is 2.42. The maximum atomic E-state index is 11.1. The second kappa shape index (κ2) is 7.77. The molecule has 16 heavy (non-hydrogen) atoms.